The molecule has 0 aliphatic heterocycles. The number of aromatic nitrogens is 1. The second kappa shape index (κ2) is 5.21. The Bertz CT molecular complexity index is 700. The van der Waals surface area contributed by atoms with Crippen LogP contribution >= 0.6 is 0 Å². The first-order valence-electron chi connectivity index (χ1n) is 6.45. The van der Waals surface area contributed by atoms with Gasteiger partial charge >= 0.3 is 0 Å². The minimum absolute atomic E-state index is 0.629. The molecular formula is C17H15NO2. The van der Waals surface area contributed by atoms with Gasteiger partial charge in [0.05, 0.1) is 12.8 Å². The molecule has 0 atom stereocenters. The fourth-order valence-corrected chi connectivity index (χ4v) is 2.11. The van der Waals surface area contributed by atoms with E-state index in [4.69, 9.17) is 9.15 Å². The highest BCUT2D eigenvalue weighted by Crippen LogP contribution is 2.29. The molecule has 0 unspecified atom stereocenters. The Morgan fingerprint density at radius 2 is 1.60 bits per heavy atom. The van der Waals surface area contributed by atoms with Gasteiger partial charge in [0.25, 0.3) is 0 Å². The van der Waals surface area contributed by atoms with Crippen molar-refractivity contribution in [1.29, 1.82) is 0 Å². The molecular weight excluding hydrogens is 250 g/mol. The van der Waals surface area contributed by atoms with Gasteiger partial charge in [-0.25, -0.2) is 4.98 Å². The Morgan fingerprint density at radius 1 is 0.900 bits per heavy atom. The summed E-state index contributed by atoms with van der Waals surface area (Å²) in [6.07, 6.45) is 0. The summed E-state index contributed by atoms with van der Waals surface area (Å²) < 4.78 is 11.1. The van der Waals surface area contributed by atoms with Gasteiger partial charge < -0.3 is 9.15 Å². The summed E-state index contributed by atoms with van der Waals surface area (Å²) in [5.41, 5.74) is 2.87. The van der Waals surface area contributed by atoms with Gasteiger partial charge in [-0.2, -0.15) is 0 Å². The number of ether oxygens (including phenoxy) is 1. The second-order valence-corrected chi connectivity index (χ2v) is 4.53. The maximum Gasteiger partial charge on any atom is 0.226 e. The Morgan fingerprint density at radius 3 is 2.25 bits per heavy atom. The van der Waals surface area contributed by atoms with Crippen LogP contribution in [0, 0.1) is 6.92 Å². The number of rotatable bonds is 3. The average Bonchev–Trinajstić information content (AvgIpc) is 2.90. The molecule has 0 fully saturated rings. The minimum Gasteiger partial charge on any atom is -0.497 e. The standard InChI is InChI=1S/C17H15NO2/c1-12-16(13-6-4-3-5-7-13)20-17(18-12)14-8-10-15(19-2)11-9-14/h3-11H,1-2H3. The zero-order chi connectivity index (χ0) is 13.9. The second-order valence-electron chi connectivity index (χ2n) is 4.53. The lowest BCUT2D eigenvalue weighted by atomic mass is 10.1. The van der Waals surface area contributed by atoms with Crippen molar-refractivity contribution < 1.29 is 9.15 Å². The van der Waals surface area contributed by atoms with Crippen LogP contribution in [0.3, 0.4) is 0 Å². The van der Waals surface area contributed by atoms with Crippen molar-refractivity contribution in [3.8, 4) is 28.5 Å². The van der Waals surface area contributed by atoms with Gasteiger partial charge in [0.1, 0.15) is 5.75 Å². The van der Waals surface area contributed by atoms with Crippen LogP contribution in [0.4, 0.5) is 0 Å². The molecule has 0 radical (unpaired) electrons. The number of nitrogens with zero attached hydrogens (tertiary/aromatic N) is 1. The molecule has 0 saturated carbocycles. The van der Waals surface area contributed by atoms with E-state index >= 15 is 0 Å². The maximum atomic E-state index is 5.91. The van der Waals surface area contributed by atoms with E-state index in [-0.39, 0.29) is 0 Å². The number of hydrogen-bond donors (Lipinski definition) is 0. The van der Waals surface area contributed by atoms with E-state index in [0.717, 1.165) is 28.3 Å². The van der Waals surface area contributed by atoms with Crippen molar-refractivity contribution in [2.45, 2.75) is 6.92 Å². The predicted octanol–water partition coefficient (Wildman–Crippen LogP) is 4.33. The number of methoxy groups -OCH3 is 1. The molecule has 3 aromatic rings. The molecule has 3 nitrogen and oxygen atoms in total. The molecule has 0 N–H and O–H groups in total. The zero-order valence-corrected chi connectivity index (χ0v) is 11.5. The van der Waals surface area contributed by atoms with Gasteiger partial charge in [-0.1, -0.05) is 30.3 Å². The quantitative estimate of drug-likeness (QED) is 0.707. The van der Waals surface area contributed by atoms with Crippen molar-refractivity contribution in [3.05, 3.63) is 60.3 Å². The Labute approximate surface area is 117 Å². The average molecular weight is 265 g/mol. The molecule has 0 amide bonds. The van der Waals surface area contributed by atoms with Gasteiger partial charge in [-0.3, -0.25) is 0 Å². The predicted molar refractivity (Wildman–Crippen MR) is 78.7 cm³/mol. The highest BCUT2D eigenvalue weighted by Gasteiger charge is 2.12. The van der Waals surface area contributed by atoms with Gasteiger partial charge in [0.2, 0.25) is 5.89 Å². The first-order valence-corrected chi connectivity index (χ1v) is 6.45. The minimum atomic E-state index is 0.629. The third-order valence-corrected chi connectivity index (χ3v) is 3.17. The number of benzene rings is 2. The molecule has 20 heavy (non-hydrogen) atoms. The summed E-state index contributed by atoms with van der Waals surface area (Å²) in [7, 11) is 1.65. The maximum absolute atomic E-state index is 5.91. The summed E-state index contributed by atoms with van der Waals surface area (Å²) >= 11 is 0. The van der Waals surface area contributed by atoms with E-state index < -0.39 is 0 Å². The van der Waals surface area contributed by atoms with Crippen LogP contribution in [-0.4, -0.2) is 12.1 Å². The number of oxazole rings is 1. The van der Waals surface area contributed by atoms with E-state index in [9.17, 15) is 0 Å². The van der Waals surface area contributed by atoms with Gasteiger partial charge in [0, 0.05) is 11.1 Å². The third-order valence-electron chi connectivity index (χ3n) is 3.17. The Kier molecular flexibility index (Phi) is 3.25. The van der Waals surface area contributed by atoms with Crippen LogP contribution in [-0.2, 0) is 0 Å². The lowest BCUT2D eigenvalue weighted by molar-refractivity contribution is 0.415. The summed E-state index contributed by atoms with van der Waals surface area (Å²) in [4.78, 5) is 4.51. The van der Waals surface area contributed by atoms with Crippen LogP contribution in [0.2, 0.25) is 0 Å². The highest BCUT2D eigenvalue weighted by atomic mass is 16.5. The molecule has 0 spiro atoms. The van der Waals surface area contributed by atoms with Gasteiger partial charge in [0.15, 0.2) is 5.76 Å². The van der Waals surface area contributed by atoms with E-state index in [0.29, 0.717) is 5.89 Å². The lowest BCUT2D eigenvalue weighted by Gasteiger charge is -2.00. The molecule has 3 rings (SSSR count). The number of hydrogen-bond acceptors (Lipinski definition) is 3. The normalized spacial score (nSPS) is 10.5. The van der Waals surface area contributed by atoms with Crippen molar-refractivity contribution in [2.24, 2.45) is 0 Å². The van der Waals surface area contributed by atoms with Crippen molar-refractivity contribution in [2.75, 3.05) is 7.11 Å². The summed E-state index contributed by atoms with van der Waals surface area (Å²) in [6, 6.07) is 17.7. The molecule has 0 bridgehead atoms. The molecule has 0 aliphatic rings. The van der Waals surface area contributed by atoms with E-state index in [2.05, 4.69) is 4.98 Å². The van der Waals surface area contributed by atoms with Crippen LogP contribution in [0.5, 0.6) is 5.75 Å². The zero-order valence-electron chi connectivity index (χ0n) is 11.5. The molecule has 2 aromatic carbocycles. The van der Waals surface area contributed by atoms with E-state index in [1.54, 1.807) is 7.11 Å². The summed E-state index contributed by atoms with van der Waals surface area (Å²) in [6.45, 7) is 1.96. The molecule has 100 valence electrons. The van der Waals surface area contributed by atoms with E-state index in [1.807, 2.05) is 61.5 Å². The van der Waals surface area contributed by atoms with Gasteiger partial charge in [-0.15, -0.1) is 0 Å². The van der Waals surface area contributed by atoms with E-state index in [1.165, 1.54) is 0 Å². The first-order chi connectivity index (χ1) is 9.78. The highest BCUT2D eigenvalue weighted by molar-refractivity contribution is 5.64. The van der Waals surface area contributed by atoms with Crippen LogP contribution in [0.25, 0.3) is 22.8 Å². The smallest absolute Gasteiger partial charge is 0.226 e. The fraction of sp³-hybridized carbons (Fsp3) is 0.118. The van der Waals surface area contributed by atoms with Crippen LogP contribution in [0.15, 0.2) is 59.0 Å². The summed E-state index contributed by atoms with van der Waals surface area (Å²) in [5, 5.41) is 0. The molecule has 3 heteroatoms. The Hall–Kier alpha value is -2.55. The third kappa shape index (κ3) is 2.30. The van der Waals surface area contributed by atoms with Gasteiger partial charge in [-0.05, 0) is 31.2 Å². The molecule has 0 saturated heterocycles. The Balaban J connectivity index is 2.00. The monoisotopic (exact) mass is 265 g/mol. The number of aryl methyl sites for hydroxylation is 1. The topological polar surface area (TPSA) is 35.3 Å². The van der Waals surface area contributed by atoms with Crippen molar-refractivity contribution >= 4 is 0 Å². The van der Waals surface area contributed by atoms with Crippen molar-refractivity contribution in [3.63, 3.8) is 0 Å². The first kappa shape index (κ1) is 12.5. The van der Waals surface area contributed by atoms with Crippen LogP contribution in [0.1, 0.15) is 5.69 Å². The lowest BCUT2D eigenvalue weighted by Crippen LogP contribution is -1.82. The van der Waals surface area contributed by atoms with Crippen molar-refractivity contribution in [1.82, 2.24) is 4.98 Å². The fourth-order valence-electron chi connectivity index (χ4n) is 2.11. The largest absolute Gasteiger partial charge is 0.497 e. The SMILES string of the molecule is COc1ccc(-c2nc(C)c(-c3ccccc3)o2)cc1. The van der Waals surface area contributed by atoms with Crippen LogP contribution < -0.4 is 4.74 Å². The summed E-state index contributed by atoms with van der Waals surface area (Å²) in [5.74, 6) is 2.26. The molecule has 0 aliphatic carbocycles. The molecule has 1 aromatic heterocycles. The molecule has 1 heterocycles.